The Hall–Kier alpha value is -1.62. The van der Waals surface area contributed by atoms with Crippen LogP contribution in [-0.4, -0.2) is 49.1 Å². The first-order valence-electron chi connectivity index (χ1n) is 7.19. The third kappa shape index (κ3) is 4.49. The number of ether oxygens (including phenoxy) is 1. The van der Waals surface area contributed by atoms with E-state index < -0.39 is 0 Å². The molecule has 0 unspecified atom stereocenters. The van der Waals surface area contributed by atoms with E-state index in [2.05, 4.69) is 10.3 Å². The largest absolute Gasteiger partial charge is 0.383 e. The number of carbonyl (C=O) groups excluding carboxylic acids is 1. The van der Waals surface area contributed by atoms with Crippen LogP contribution in [-0.2, 0) is 11.2 Å². The van der Waals surface area contributed by atoms with Gasteiger partial charge < -0.3 is 15.0 Å². The number of carbonyl (C=O) groups is 1. The van der Waals surface area contributed by atoms with E-state index in [9.17, 15) is 4.79 Å². The monoisotopic (exact) mass is 279 g/mol. The second kappa shape index (κ2) is 8.53. The van der Waals surface area contributed by atoms with Gasteiger partial charge in [-0.3, -0.25) is 4.79 Å². The van der Waals surface area contributed by atoms with Gasteiger partial charge in [-0.15, -0.1) is 0 Å². The van der Waals surface area contributed by atoms with E-state index in [1.165, 1.54) is 0 Å². The molecular weight excluding hydrogens is 254 g/mol. The van der Waals surface area contributed by atoms with Gasteiger partial charge in [0.25, 0.3) is 5.91 Å². The molecular formula is C15H25N3O2. The SMILES string of the molecule is CCNc1cc(C(=O)N(CC)CCOC)cc(CC)n1. The molecule has 0 aliphatic heterocycles. The maximum atomic E-state index is 12.5. The summed E-state index contributed by atoms with van der Waals surface area (Å²) in [4.78, 5) is 18.8. The summed E-state index contributed by atoms with van der Waals surface area (Å²) in [6, 6.07) is 3.69. The molecule has 0 saturated heterocycles. The highest BCUT2D eigenvalue weighted by Crippen LogP contribution is 2.13. The van der Waals surface area contributed by atoms with Crippen molar-refractivity contribution in [3.8, 4) is 0 Å². The Labute approximate surface area is 121 Å². The van der Waals surface area contributed by atoms with Crippen LogP contribution in [0.2, 0.25) is 0 Å². The van der Waals surface area contributed by atoms with E-state index in [4.69, 9.17) is 4.74 Å². The Morgan fingerprint density at radius 1 is 1.35 bits per heavy atom. The molecule has 20 heavy (non-hydrogen) atoms. The predicted molar refractivity (Wildman–Crippen MR) is 81.2 cm³/mol. The van der Waals surface area contributed by atoms with E-state index in [-0.39, 0.29) is 5.91 Å². The van der Waals surface area contributed by atoms with Gasteiger partial charge in [-0.25, -0.2) is 4.98 Å². The molecule has 0 fully saturated rings. The minimum atomic E-state index is 0.0285. The van der Waals surface area contributed by atoms with Crippen LogP contribution < -0.4 is 5.32 Å². The number of nitrogens with one attached hydrogen (secondary N) is 1. The Bertz CT molecular complexity index is 435. The van der Waals surface area contributed by atoms with E-state index in [0.29, 0.717) is 25.3 Å². The second-order valence-electron chi connectivity index (χ2n) is 4.49. The van der Waals surface area contributed by atoms with Gasteiger partial charge in [-0.1, -0.05) is 6.92 Å². The second-order valence-corrected chi connectivity index (χ2v) is 4.49. The third-order valence-electron chi connectivity index (χ3n) is 3.08. The first kappa shape index (κ1) is 16.4. The molecule has 1 aromatic heterocycles. The molecule has 1 rings (SSSR count). The summed E-state index contributed by atoms with van der Waals surface area (Å²) in [5.74, 6) is 0.791. The molecule has 5 nitrogen and oxygen atoms in total. The molecule has 0 atom stereocenters. The number of hydrogen-bond acceptors (Lipinski definition) is 4. The van der Waals surface area contributed by atoms with Crippen molar-refractivity contribution in [3.63, 3.8) is 0 Å². The number of amides is 1. The number of likely N-dealkylation sites (N-methyl/N-ethyl adjacent to an activating group) is 1. The molecule has 0 aliphatic rings. The van der Waals surface area contributed by atoms with Gasteiger partial charge in [0, 0.05) is 38.0 Å². The molecule has 1 heterocycles. The first-order valence-corrected chi connectivity index (χ1v) is 7.19. The molecule has 1 amide bonds. The number of aromatic nitrogens is 1. The van der Waals surface area contributed by atoms with Crippen molar-refractivity contribution in [2.45, 2.75) is 27.2 Å². The average Bonchev–Trinajstić information content (AvgIpc) is 2.47. The molecule has 1 N–H and O–H groups in total. The Kier molecular flexibility index (Phi) is 7.01. The highest BCUT2D eigenvalue weighted by atomic mass is 16.5. The number of pyridine rings is 1. The maximum Gasteiger partial charge on any atom is 0.254 e. The van der Waals surface area contributed by atoms with Crippen LogP contribution in [0, 0.1) is 0 Å². The minimum absolute atomic E-state index is 0.0285. The van der Waals surface area contributed by atoms with Crippen molar-refractivity contribution in [3.05, 3.63) is 23.4 Å². The first-order chi connectivity index (χ1) is 9.65. The van der Waals surface area contributed by atoms with Crippen LogP contribution in [0.1, 0.15) is 36.8 Å². The molecule has 112 valence electrons. The molecule has 0 aliphatic carbocycles. The van der Waals surface area contributed by atoms with Crippen LogP contribution in [0.15, 0.2) is 12.1 Å². The predicted octanol–water partition coefficient (Wildman–Crippen LogP) is 2.18. The molecule has 0 radical (unpaired) electrons. The van der Waals surface area contributed by atoms with Gasteiger partial charge in [-0.2, -0.15) is 0 Å². The van der Waals surface area contributed by atoms with Crippen molar-refractivity contribution in [2.75, 3.05) is 38.7 Å². The van der Waals surface area contributed by atoms with Gasteiger partial charge in [0.1, 0.15) is 5.82 Å². The van der Waals surface area contributed by atoms with Crippen molar-refractivity contribution in [1.82, 2.24) is 9.88 Å². The summed E-state index contributed by atoms with van der Waals surface area (Å²) in [7, 11) is 1.64. The summed E-state index contributed by atoms with van der Waals surface area (Å²) >= 11 is 0. The normalized spacial score (nSPS) is 10.4. The molecule has 5 heteroatoms. The van der Waals surface area contributed by atoms with Crippen molar-refractivity contribution < 1.29 is 9.53 Å². The molecule has 0 spiro atoms. The average molecular weight is 279 g/mol. The van der Waals surface area contributed by atoms with Crippen molar-refractivity contribution in [2.24, 2.45) is 0 Å². The van der Waals surface area contributed by atoms with Crippen molar-refractivity contribution in [1.29, 1.82) is 0 Å². The molecule has 0 saturated carbocycles. The Morgan fingerprint density at radius 2 is 2.10 bits per heavy atom. The molecule has 0 bridgehead atoms. The van der Waals surface area contributed by atoms with Gasteiger partial charge in [0.05, 0.1) is 6.61 Å². The van der Waals surface area contributed by atoms with Gasteiger partial charge >= 0.3 is 0 Å². The fourth-order valence-electron chi connectivity index (χ4n) is 1.95. The van der Waals surface area contributed by atoms with E-state index in [1.807, 2.05) is 32.9 Å². The molecule has 1 aromatic rings. The van der Waals surface area contributed by atoms with Gasteiger partial charge in [0.2, 0.25) is 0 Å². The smallest absolute Gasteiger partial charge is 0.254 e. The number of anilines is 1. The summed E-state index contributed by atoms with van der Waals surface area (Å²) in [5, 5.41) is 3.17. The summed E-state index contributed by atoms with van der Waals surface area (Å²) < 4.78 is 5.05. The van der Waals surface area contributed by atoms with Crippen LogP contribution in [0.4, 0.5) is 5.82 Å². The number of rotatable bonds is 8. The fourth-order valence-corrected chi connectivity index (χ4v) is 1.95. The van der Waals surface area contributed by atoms with Gasteiger partial charge in [-0.05, 0) is 32.4 Å². The zero-order valence-corrected chi connectivity index (χ0v) is 12.9. The lowest BCUT2D eigenvalue weighted by molar-refractivity contribution is 0.0706. The lowest BCUT2D eigenvalue weighted by atomic mass is 10.1. The number of nitrogens with zero attached hydrogens (tertiary/aromatic N) is 2. The van der Waals surface area contributed by atoms with Crippen LogP contribution in [0.3, 0.4) is 0 Å². The quantitative estimate of drug-likeness (QED) is 0.792. The highest BCUT2D eigenvalue weighted by molar-refractivity contribution is 5.95. The lowest BCUT2D eigenvalue weighted by Gasteiger charge is -2.21. The fraction of sp³-hybridized carbons (Fsp3) is 0.600. The topological polar surface area (TPSA) is 54.5 Å². The molecule has 0 aromatic carbocycles. The van der Waals surface area contributed by atoms with Crippen molar-refractivity contribution >= 4 is 11.7 Å². The van der Waals surface area contributed by atoms with E-state index in [0.717, 1.165) is 24.5 Å². The maximum absolute atomic E-state index is 12.5. The summed E-state index contributed by atoms with van der Waals surface area (Å²) in [6.45, 7) is 8.63. The summed E-state index contributed by atoms with van der Waals surface area (Å²) in [5.41, 5.74) is 1.61. The van der Waals surface area contributed by atoms with Crippen LogP contribution in [0.5, 0.6) is 0 Å². The number of hydrogen-bond donors (Lipinski definition) is 1. The zero-order valence-electron chi connectivity index (χ0n) is 12.9. The number of methoxy groups -OCH3 is 1. The standard InChI is InChI=1S/C15H25N3O2/c1-5-13-10-12(11-14(17-13)16-6-2)15(19)18(7-3)8-9-20-4/h10-11H,5-9H2,1-4H3,(H,16,17). The Morgan fingerprint density at radius 3 is 2.65 bits per heavy atom. The minimum Gasteiger partial charge on any atom is -0.383 e. The lowest BCUT2D eigenvalue weighted by Crippen LogP contribution is -2.33. The zero-order chi connectivity index (χ0) is 15.0. The number of aryl methyl sites for hydroxylation is 1. The third-order valence-corrected chi connectivity index (χ3v) is 3.08. The highest BCUT2D eigenvalue weighted by Gasteiger charge is 2.15. The summed E-state index contributed by atoms with van der Waals surface area (Å²) in [6.07, 6.45) is 0.809. The van der Waals surface area contributed by atoms with Gasteiger partial charge in [0.15, 0.2) is 0 Å². The Balaban J connectivity index is 2.97. The van der Waals surface area contributed by atoms with Crippen LogP contribution in [0.25, 0.3) is 0 Å². The van der Waals surface area contributed by atoms with E-state index >= 15 is 0 Å². The van der Waals surface area contributed by atoms with E-state index in [1.54, 1.807) is 12.0 Å². The van der Waals surface area contributed by atoms with Crippen LogP contribution >= 0.6 is 0 Å².